The molecule has 0 aliphatic rings. The molecule has 0 unspecified atom stereocenters. The number of fused-ring (bicyclic) bond motifs is 3. The first-order valence-electron chi connectivity index (χ1n) is 5.88. The first-order chi connectivity index (χ1) is 8.36. The lowest BCUT2D eigenvalue weighted by Gasteiger charge is -1.97. The van der Waals surface area contributed by atoms with Crippen LogP contribution < -0.4 is 5.73 Å². The Labute approximate surface area is 98.9 Å². The molecule has 0 aliphatic carbocycles. The number of aromatic nitrogens is 4. The van der Waals surface area contributed by atoms with E-state index in [4.69, 9.17) is 5.73 Å². The third-order valence-corrected chi connectivity index (χ3v) is 3.05. The molecule has 2 aromatic heterocycles. The molecule has 3 rings (SSSR count). The normalized spacial score (nSPS) is 11.6. The molecule has 0 saturated carbocycles. The minimum atomic E-state index is 0.590. The van der Waals surface area contributed by atoms with Gasteiger partial charge in [-0.3, -0.25) is 4.40 Å². The average molecular weight is 229 g/mol. The van der Waals surface area contributed by atoms with E-state index in [1.807, 2.05) is 12.1 Å². The van der Waals surface area contributed by atoms with Crippen LogP contribution in [0.2, 0.25) is 0 Å². The zero-order chi connectivity index (χ0) is 11.8. The van der Waals surface area contributed by atoms with E-state index in [0.29, 0.717) is 6.54 Å². The summed E-state index contributed by atoms with van der Waals surface area (Å²) < 4.78 is 4.27. The lowest BCUT2D eigenvalue weighted by Crippen LogP contribution is -2.06. The Bertz CT molecular complexity index is 664. The van der Waals surface area contributed by atoms with Gasteiger partial charge in [0.05, 0.1) is 11.0 Å². The van der Waals surface area contributed by atoms with Gasteiger partial charge in [-0.1, -0.05) is 12.1 Å². The molecule has 2 N–H and O–H groups in total. The topological polar surface area (TPSA) is 61.1 Å². The Morgan fingerprint density at radius 1 is 1.18 bits per heavy atom. The Balaban J connectivity index is 2.43. The maximum Gasteiger partial charge on any atom is 0.236 e. The van der Waals surface area contributed by atoms with E-state index in [9.17, 15) is 0 Å². The number of aryl methyl sites for hydroxylation is 1. The molecule has 88 valence electrons. The number of hydrogen-bond donors (Lipinski definition) is 1. The molecule has 0 amide bonds. The van der Waals surface area contributed by atoms with Crippen molar-refractivity contribution in [3.8, 4) is 0 Å². The van der Waals surface area contributed by atoms with Gasteiger partial charge in [-0.05, 0) is 25.6 Å². The van der Waals surface area contributed by atoms with Crippen molar-refractivity contribution in [2.75, 3.05) is 6.54 Å². The highest BCUT2D eigenvalue weighted by molar-refractivity contribution is 5.80. The summed E-state index contributed by atoms with van der Waals surface area (Å²) in [6, 6.07) is 8.29. The van der Waals surface area contributed by atoms with Crippen molar-refractivity contribution in [3.05, 3.63) is 30.1 Å². The maximum atomic E-state index is 5.61. The molecule has 0 bridgehead atoms. The highest BCUT2D eigenvalue weighted by atomic mass is 15.3. The third kappa shape index (κ3) is 1.36. The van der Waals surface area contributed by atoms with Gasteiger partial charge in [0.1, 0.15) is 5.82 Å². The lowest BCUT2D eigenvalue weighted by atomic mass is 10.3. The predicted molar refractivity (Wildman–Crippen MR) is 66.9 cm³/mol. The molecule has 5 heteroatoms. The molecule has 0 radical (unpaired) electrons. The largest absolute Gasteiger partial charge is 0.330 e. The Hall–Kier alpha value is -1.88. The van der Waals surface area contributed by atoms with Gasteiger partial charge >= 0.3 is 0 Å². The predicted octanol–water partition coefficient (Wildman–Crippen LogP) is 1.21. The number of rotatable bonds is 3. The van der Waals surface area contributed by atoms with Crippen LogP contribution in [-0.4, -0.2) is 25.7 Å². The minimum absolute atomic E-state index is 0.590. The van der Waals surface area contributed by atoms with Crippen LogP contribution in [0.25, 0.3) is 16.8 Å². The van der Waals surface area contributed by atoms with E-state index in [-0.39, 0.29) is 0 Å². The fraction of sp³-hybridized carbons (Fsp3) is 0.333. The zero-order valence-electron chi connectivity index (χ0n) is 9.80. The van der Waals surface area contributed by atoms with Crippen LogP contribution in [-0.2, 0) is 13.0 Å². The number of para-hydroxylation sites is 2. The van der Waals surface area contributed by atoms with E-state index in [2.05, 4.69) is 38.2 Å². The second-order valence-electron chi connectivity index (χ2n) is 4.02. The minimum Gasteiger partial charge on any atom is -0.330 e. The monoisotopic (exact) mass is 229 g/mol. The molecule has 0 saturated heterocycles. The second kappa shape index (κ2) is 3.85. The van der Waals surface area contributed by atoms with Crippen LogP contribution in [0.4, 0.5) is 0 Å². The van der Waals surface area contributed by atoms with E-state index in [1.54, 1.807) is 0 Å². The molecule has 5 nitrogen and oxygen atoms in total. The van der Waals surface area contributed by atoms with Gasteiger partial charge in [0.2, 0.25) is 5.78 Å². The molecule has 1 aromatic carbocycles. The molecule has 0 atom stereocenters. The lowest BCUT2D eigenvalue weighted by molar-refractivity contribution is 0.802. The Morgan fingerprint density at radius 3 is 2.65 bits per heavy atom. The zero-order valence-corrected chi connectivity index (χ0v) is 9.80. The fourth-order valence-electron chi connectivity index (χ4n) is 2.32. The van der Waals surface area contributed by atoms with E-state index < -0.39 is 0 Å². The van der Waals surface area contributed by atoms with Crippen LogP contribution in [0.5, 0.6) is 0 Å². The number of nitrogens with two attached hydrogens (primary N) is 1. The standard InChI is InChI=1S/C12H15N5/c1-2-16-9-5-3-4-6-10(9)17-11(7-8-13)14-15-12(16)17/h3-6H,2,7-8,13H2,1H3. The highest BCUT2D eigenvalue weighted by Gasteiger charge is 2.14. The van der Waals surface area contributed by atoms with Crippen LogP contribution in [0.15, 0.2) is 24.3 Å². The van der Waals surface area contributed by atoms with Crippen LogP contribution in [0.1, 0.15) is 12.7 Å². The number of hydrogen-bond acceptors (Lipinski definition) is 3. The Kier molecular flexibility index (Phi) is 2.33. The molecule has 0 aliphatic heterocycles. The van der Waals surface area contributed by atoms with Gasteiger partial charge in [0.25, 0.3) is 0 Å². The highest BCUT2D eigenvalue weighted by Crippen LogP contribution is 2.20. The van der Waals surface area contributed by atoms with Crippen molar-refractivity contribution in [1.29, 1.82) is 0 Å². The summed E-state index contributed by atoms with van der Waals surface area (Å²) in [7, 11) is 0. The van der Waals surface area contributed by atoms with Gasteiger partial charge in [-0.2, -0.15) is 0 Å². The van der Waals surface area contributed by atoms with Gasteiger partial charge in [0, 0.05) is 13.0 Å². The second-order valence-corrected chi connectivity index (χ2v) is 4.02. The summed E-state index contributed by atoms with van der Waals surface area (Å²) in [6.07, 6.45) is 0.749. The van der Waals surface area contributed by atoms with Gasteiger partial charge in [-0.25, -0.2) is 0 Å². The maximum absolute atomic E-state index is 5.61. The molecule has 0 spiro atoms. The summed E-state index contributed by atoms with van der Waals surface area (Å²) >= 11 is 0. The molecular formula is C12H15N5. The number of imidazole rings is 1. The fourth-order valence-corrected chi connectivity index (χ4v) is 2.32. The van der Waals surface area contributed by atoms with Crippen molar-refractivity contribution in [3.63, 3.8) is 0 Å². The Morgan fingerprint density at radius 2 is 1.94 bits per heavy atom. The van der Waals surface area contributed by atoms with E-state index in [1.165, 1.54) is 5.52 Å². The smallest absolute Gasteiger partial charge is 0.236 e. The molecular weight excluding hydrogens is 214 g/mol. The summed E-state index contributed by atoms with van der Waals surface area (Å²) in [5, 5.41) is 8.48. The molecule has 17 heavy (non-hydrogen) atoms. The van der Waals surface area contributed by atoms with E-state index in [0.717, 1.165) is 30.1 Å². The summed E-state index contributed by atoms with van der Waals surface area (Å²) in [4.78, 5) is 0. The van der Waals surface area contributed by atoms with Crippen molar-refractivity contribution >= 4 is 16.8 Å². The van der Waals surface area contributed by atoms with Gasteiger partial charge in [-0.15, -0.1) is 10.2 Å². The average Bonchev–Trinajstić information content (AvgIpc) is 2.88. The summed E-state index contributed by atoms with van der Waals surface area (Å²) in [5.41, 5.74) is 7.95. The number of benzene rings is 1. The van der Waals surface area contributed by atoms with Crippen LogP contribution in [0, 0.1) is 0 Å². The van der Waals surface area contributed by atoms with Crippen molar-refractivity contribution < 1.29 is 0 Å². The summed E-state index contributed by atoms with van der Waals surface area (Å²) in [6.45, 7) is 3.59. The molecule has 3 aromatic rings. The summed E-state index contributed by atoms with van der Waals surface area (Å²) in [5.74, 6) is 1.84. The van der Waals surface area contributed by atoms with Crippen molar-refractivity contribution in [2.45, 2.75) is 19.9 Å². The van der Waals surface area contributed by atoms with Crippen molar-refractivity contribution in [2.24, 2.45) is 5.73 Å². The first-order valence-corrected chi connectivity index (χ1v) is 5.88. The van der Waals surface area contributed by atoms with Gasteiger partial charge in [0.15, 0.2) is 0 Å². The van der Waals surface area contributed by atoms with Crippen molar-refractivity contribution in [1.82, 2.24) is 19.2 Å². The van der Waals surface area contributed by atoms with Crippen LogP contribution >= 0.6 is 0 Å². The number of nitrogens with zero attached hydrogens (tertiary/aromatic N) is 4. The quantitative estimate of drug-likeness (QED) is 0.734. The van der Waals surface area contributed by atoms with E-state index >= 15 is 0 Å². The van der Waals surface area contributed by atoms with Gasteiger partial charge < -0.3 is 10.3 Å². The molecule has 0 fully saturated rings. The molecule has 2 heterocycles. The SMILES string of the molecule is CCn1c2ccccc2n2c(CCN)nnc12. The van der Waals surface area contributed by atoms with Crippen LogP contribution in [0.3, 0.4) is 0 Å². The third-order valence-electron chi connectivity index (χ3n) is 3.05. The first kappa shape index (κ1) is 10.3.